The lowest BCUT2D eigenvalue weighted by atomic mass is 9.87. The van der Waals surface area contributed by atoms with Crippen LogP contribution in [0.4, 0.5) is 0 Å². The molecule has 3 aromatic rings. The molecule has 1 aromatic heterocycles. The second kappa shape index (κ2) is 10.8. The summed E-state index contributed by atoms with van der Waals surface area (Å²) in [4.78, 5) is 31.5. The molecule has 1 aliphatic rings. The van der Waals surface area contributed by atoms with E-state index >= 15 is 0 Å². The molecule has 1 N–H and O–H groups in total. The Hall–Kier alpha value is -3.19. The van der Waals surface area contributed by atoms with Gasteiger partial charge in [0, 0.05) is 24.9 Å². The third kappa shape index (κ3) is 5.47. The van der Waals surface area contributed by atoms with E-state index in [2.05, 4.69) is 48.4 Å². The number of carbonyl (C=O) groups is 2. The molecule has 2 aromatic carbocycles. The summed E-state index contributed by atoms with van der Waals surface area (Å²) in [5.41, 5.74) is 3.86. The van der Waals surface area contributed by atoms with Crippen LogP contribution in [0.25, 0.3) is 0 Å². The summed E-state index contributed by atoms with van der Waals surface area (Å²) >= 11 is 1.41. The molecule has 0 aliphatic carbocycles. The van der Waals surface area contributed by atoms with Gasteiger partial charge in [-0.2, -0.15) is 0 Å². The number of benzene rings is 2. The summed E-state index contributed by atoms with van der Waals surface area (Å²) in [6.07, 6.45) is 1.36. The fraction of sp³-hybridized carbons (Fsp3) is 0.370. The molecule has 7 heteroatoms. The predicted molar refractivity (Wildman–Crippen MR) is 134 cm³/mol. The number of carbonyl (C=O) groups excluding carboxylic acids is 2. The molecular weight excluding hydrogens is 446 g/mol. The van der Waals surface area contributed by atoms with Gasteiger partial charge in [-0.3, -0.25) is 9.59 Å². The van der Waals surface area contributed by atoms with Gasteiger partial charge in [-0.05, 0) is 48.1 Å². The fourth-order valence-electron chi connectivity index (χ4n) is 4.29. The van der Waals surface area contributed by atoms with Gasteiger partial charge in [-0.25, -0.2) is 4.98 Å². The lowest BCUT2D eigenvalue weighted by Gasteiger charge is -2.38. The van der Waals surface area contributed by atoms with Gasteiger partial charge in [0.1, 0.15) is 23.1 Å². The Morgan fingerprint density at radius 1 is 1.21 bits per heavy atom. The predicted octanol–water partition coefficient (Wildman–Crippen LogP) is 4.99. The van der Waals surface area contributed by atoms with Gasteiger partial charge in [-0.15, -0.1) is 11.3 Å². The first-order valence-electron chi connectivity index (χ1n) is 11.8. The third-order valence-corrected chi connectivity index (χ3v) is 6.67. The van der Waals surface area contributed by atoms with Crippen LogP contribution in [0.1, 0.15) is 65.4 Å². The fourth-order valence-corrected chi connectivity index (χ4v) is 4.98. The Morgan fingerprint density at radius 2 is 2.00 bits per heavy atom. The lowest BCUT2D eigenvalue weighted by Crippen LogP contribution is -2.41. The summed E-state index contributed by atoms with van der Waals surface area (Å²) in [6.45, 7) is 7.60. The SMILES string of the molecule is CCNC(=O)c1csc(COc2ccc3c(c2)[C@H](c2ccccc2)N(C(=O)CC(C)C)CC3)n1. The number of hydrogen-bond donors (Lipinski definition) is 1. The van der Waals surface area contributed by atoms with Crippen LogP contribution in [0.15, 0.2) is 53.9 Å². The van der Waals surface area contributed by atoms with Crippen molar-refractivity contribution in [1.82, 2.24) is 15.2 Å². The summed E-state index contributed by atoms with van der Waals surface area (Å²) in [5, 5.41) is 5.25. The van der Waals surface area contributed by atoms with Crippen molar-refractivity contribution >= 4 is 23.2 Å². The number of thiazole rings is 1. The summed E-state index contributed by atoms with van der Waals surface area (Å²) in [6, 6.07) is 16.2. The van der Waals surface area contributed by atoms with E-state index in [9.17, 15) is 9.59 Å². The highest BCUT2D eigenvalue weighted by molar-refractivity contribution is 7.09. The highest BCUT2D eigenvalue weighted by Crippen LogP contribution is 2.38. The second-order valence-electron chi connectivity index (χ2n) is 8.88. The van der Waals surface area contributed by atoms with Gasteiger partial charge in [-0.1, -0.05) is 50.2 Å². The van der Waals surface area contributed by atoms with Crippen molar-refractivity contribution in [2.24, 2.45) is 5.92 Å². The second-order valence-corrected chi connectivity index (χ2v) is 9.83. The van der Waals surface area contributed by atoms with Crippen LogP contribution in [0.3, 0.4) is 0 Å². The molecule has 2 amide bonds. The molecule has 0 fully saturated rings. The number of rotatable bonds is 8. The maximum atomic E-state index is 13.2. The van der Waals surface area contributed by atoms with Crippen molar-refractivity contribution in [3.8, 4) is 5.75 Å². The molecule has 34 heavy (non-hydrogen) atoms. The van der Waals surface area contributed by atoms with Crippen LogP contribution in [-0.4, -0.2) is 34.8 Å². The molecule has 4 rings (SSSR count). The van der Waals surface area contributed by atoms with Crippen LogP contribution in [0.2, 0.25) is 0 Å². The first kappa shape index (κ1) is 24.0. The number of hydrogen-bond acceptors (Lipinski definition) is 5. The van der Waals surface area contributed by atoms with E-state index in [1.807, 2.05) is 36.1 Å². The largest absolute Gasteiger partial charge is 0.486 e. The van der Waals surface area contributed by atoms with Crippen molar-refractivity contribution in [3.05, 3.63) is 81.3 Å². The molecule has 6 nitrogen and oxygen atoms in total. The number of fused-ring (bicyclic) bond motifs is 1. The lowest BCUT2D eigenvalue weighted by molar-refractivity contribution is -0.134. The first-order chi connectivity index (χ1) is 16.5. The van der Waals surface area contributed by atoms with E-state index in [4.69, 9.17) is 4.74 Å². The molecule has 0 saturated carbocycles. The summed E-state index contributed by atoms with van der Waals surface area (Å²) in [5.74, 6) is 1.05. The van der Waals surface area contributed by atoms with E-state index in [1.54, 1.807) is 5.38 Å². The van der Waals surface area contributed by atoms with E-state index in [-0.39, 0.29) is 24.5 Å². The highest BCUT2D eigenvalue weighted by atomic mass is 32.1. The van der Waals surface area contributed by atoms with E-state index in [1.165, 1.54) is 16.9 Å². The molecular formula is C27H31N3O3S. The zero-order chi connectivity index (χ0) is 24.1. The Labute approximate surface area is 205 Å². The topological polar surface area (TPSA) is 71.5 Å². The average molecular weight is 478 g/mol. The molecule has 1 atom stereocenters. The molecule has 0 saturated heterocycles. The average Bonchev–Trinajstić information content (AvgIpc) is 3.31. The molecule has 178 valence electrons. The van der Waals surface area contributed by atoms with Gasteiger partial charge < -0.3 is 15.0 Å². The minimum atomic E-state index is -0.171. The molecule has 2 heterocycles. The number of aromatic nitrogens is 1. The molecule has 0 spiro atoms. The molecule has 0 bridgehead atoms. The minimum absolute atomic E-state index is 0.135. The first-order valence-corrected chi connectivity index (χ1v) is 12.7. The van der Waals surface area contributed by atoms with Crippen LogP contribution in [0.5, 0.6) is 5.75 Å². The van der Waals surface area contributed by atoms with Crippen LogP contribution in [0, 0.1) is 5.92 Å². The van der Waals surface area contributed by atoms with Crippen LogP contribution < -0.4 is 10.1 Å². The monoisotopic (exact) mass is 477 g/mol. The Bertz CT molecular complexity index is 1140. The van der Waals surface area contributed by atoms with Crippen molar-refractivity contribution in [3.63, 3.8) is 0 Å². The molecule has 0 radical (unpaired) electrons. The smallest absolute Gasteiger partial charge is 0.270 e. The van der Waals surface area contributed by atoms with Crippen molar-refractivity contribution < 1.29 is 14.3 Å². The van der Waals surface area contributed by atoms with E-state index in [0.717, 1.165) is 28.3 Å². The Balaban J connectivity index is 1.58. The van der Waals surface area contributed by atoms with E-state index < -0.39 is 0 Å². The van der Waals surface area contributed by atoms with E-state index in [0.29, 0.717) is 31.1 Å². The highest BCUT2D eigenvalue weighted by Gasteiger charge is 2.32. The van der Waals surface area contributed by atoms with Crippen molar-refractivity contribution in [1.29, 1.82) is 0 Å². The van der Waals surface area contributed by atoms with Crippen molar-refractivity contribution in [2.75, 3.05) is 13.1 Å². The Kier molecular flexibility index (Phi) is 7.63. The number of ether oxygens (including phenoxy) is 1. The zero-order valence-corrected chi connectivity index (χ0v) is 20.7. The molecule has 0 unspecified atom stereocenters. The number of amides is 2. The number of nitrogens with one attached hydrogen (secondary N) is 1. The zero-order valence-electron chi connectivity index (χ0n) is 19.9. The van der Waals surface area contributed by atoms with Crippen molar-refractivity contribution in [2.45, 2.75) is 46.3 Å². The van der Waals surface area contributed by atoms with Gasteiger partial charge in [0.25, 0.3) is 5.91 Å². The standard InChI is InChI=1S/C27H31N3O3S/c1-4-28-27(32)23-17-34-24(29-23)16-33-21-11-10-19-12-13-30(25(31)14-18(2)3)26(22(19)15-21)20-8-6-5-7-9-20/h5-11,15,17-18,26H,4,12-14,16H2,1-3H3,(H,28,32)/t26-/m0/s1. The summed E-state index contributed by atoms with van der Waals surface area (Å²) < 4.78 is 6.07. The Morgan fingerprint density at radius 3 is 2.74 bits per heavy atom. The number of nitrogens with zero attached hydrogens (tertiary/aromatic N) is 2. The minimum Gasteiger partial charge on any atom is -0.486 e. The van der Waals surface area contributed by atoms with Gasteiger partial charge in [0.05, 0.1) is 6.04 Å². The third-order valence-electron chi connectivity index (χ3n) is 5.85. The van der Waals surface area contributed by atoms with Crippen LogP contribution in [-0.2, 0) is 17.8 Å². The van der Waals surface area contributed by atoms with Crippen LogP contribution >= 0.6 is 11.3 Å². The van der Waals surface area contributed by atoms with Gasteiger partial charge in [0.15, 0.2) is 0 Å². The maximum absolute atomic E-state index is 13.2. The van der Waals surface area contributed by atoms with Gasteiger partial charge >= 0.3 is 0 Å². The molecule has 1 aliphatic heterocycles. The maximum Gasteiger partial charge on any atom is 0.270 e. The summed E-state index contributed by atoms with van der Waals surface area (Å²) in [7, 11) is 0. The normalized spacial score (nSPS) is 15.2. The van der Waals surface area contributed by atoms with Gasteiger partial charge in [0.2, 0.25) is 5.91 Å². The quantitative estimate of drug-likeness (QED) is 0.496.